The van der Waals surface area contributed by atoms with Gasteiger partial charge in [0.05, 0.1) is 28.2 Å². The summed E-state index contributed by atoms with van der Waals surface area (Å²) in [6.45, 7) is 5.00. The van der Waals surface area contributed by atoms with Crippen molar-refractivity contribution in [2.45, 2.75) is 52.1 Å². The second kappa shape index (κ2) is 9.17. The minimum absolute atomic E-state index is 0.183. The molecule has 0 atom stereocenters. The lowest BCUT2D eigenvalue weighted by Crippen LogP contribution is -2.35. The molecule has 3 aromatic rings. The molecule has 1 aliphatic carbocycles. The van der Waals surface area contributed by atoms with Gasteiger partial charge in [-0.3, -0.25) is 4.79 Å². The molecule has 1 heterocycles. The summed E-state index contributed by atoms with van der Waals surface area (Å²) >= 11 is 12.5. The Kier molecular flexibility index (Phi) is 6.54. The topological polar surface area (TPSA) is 38.1 Å². The van der Waals surface area contributed by atoms with Crippen molar-refractivity contribution >= 4 is 40.1 Å². The molecule has 164 valence electrons. The van der Waals surface area contributed by atoms with Crippen molar-refractivity contribution in [1.29, 1.82) is 0 Å². The molecule has 1 aliphatic rings. The number of carbonyl (C=O) groups excluding carboxylic acids is 1. The van der Waals surface area contributed by atoms with Crippen molar-refractivity contribution < 1.29 is 9.18 Å². The molecule has 0 unspecified atom stereocenters. The van der Waals surface area contributed by atoms with E-state index in [2.05, 4.69) is 18.4 Å². The zero-order chi connectivity index (χ0) is 22.1. The van der Waals surface area contributed by atoms with Gasteiger partial charge in [0.25, 0.3) is 5.91 Å². The molecule has 4 rings (SSSR count). The second-order valence-electron chi connectivity index (χ2n) is 8.67. The van der Waals surface area contributed by atoms with Gasteiger partial charge in [0.2, 0.25) is 0 Å². The Morgan fingerprint density at radius 1 is 1.19 bits per heavy atom. The van der Waals surface area contributed by atoms with E-state index in [1.54, 1.807) is 29.2 Å². The molecule has 0 saturated heterocycles. The van der Waals surface area contributed by atoms with Gasteiger partial charge in [0, 0.05) is 23.7 Å². The van der Waals surface area contributed by atoms with Gasteiger partial charge in [0.1, 0.15) is 11.6 Å². The fraction of sp³-hybridized carbons (Fsp3) is 0.417. The molecule has 7 heteroatoms. The standard InChI is InChI=1S/C24H26Cl2FN3O/c1-15(2)13-29(24(31)19-11-16(25)7-9-20(19)26)14-23-28-21-12-17(27)8-10-22(21)30(23)18-5-3-4-6-18/h7-12,15,18H,3-6,13-14H2,1-2H3. The molecule has 0 radical (unpaired) electrons. The molecule has 0 bridgehead atoms. The number of aromatic nitrogens is 2. The van der Waals surface area contributed by atoms with Gasteiger partial charge < -0.3 is 9.47 Å². The van der Waals surface area contributed by atoms with E-state index in [0.29, 0.717) is 40.3 Å². The minimum atomic E-state index is -0.309. The summed E-state index contributed by atoms with van der Waals surface area (Å²) < 4.78 is 16.1. The Bertz CT molecular complexity index is 1110. The average Bonchev–Trinajstić information content (AvgIpc) is 3.35. The molecule has 1 saturated carbocycles. The quantitative estimate of drug-likeness (QED) is 0.400. The molecule has 0 aliphatic heterocycles. The van der Waals surface area contributed by atoms with Crippen LogP contribution < -0.4 is 0 Å². The Morgan fingerprint density at radius 3 is 2.65 bits per heavy atom. The van der Waals surface area contributed by atoms with E-state index in [-0.39, 0.29) is 17.6 Å². The smallest absolute Gasteiger partial charge is 0.255 e. The van der Waals surface area contributed by atoms with E-state index in [0.717, 1.165) is 37.0 Å². The largest absolute Gasteiger partial charge is 0.331 e. The van der Waals surface area contributed by atoms with Crippen LogP contribution in [-0.4, -0.2) is 26.9 Å². The summed E-state index contributed by atoms with van der Waals surface area (Å²) in [5, 5.41) is 0.834. The third kappa shape index (κ3) is 4.73. The van der Waals surface area contributed by atoms with Crippen LogP contribution in [0.1, 0.15) is 61.8 Å². The zero-order valence-electron chi connectivity index (χ0n) is 17.7. The molecule has 1 fully saturated rings. The highest BCUT2D eigenvalue weighted by Gasteiger charge is 2.27. The lowest BCUT2D eigenvalue weighted by atomic mass is 10.1. The Morgan fingerprint density at radius 2 is 1.94 bits per heavy atom. The van der Waals surface area contributed by atoms with Gasteiger partial charge in [-0.15, -0.1) is 0 Å². The van der Waals surface area contributed by atoms with Gasteiger partial charge in [-0.1, -0.05) is 49.9 Å². The average molecular weight is 462 g/mol. The van der Waals surface area contributed by atoms with Crippen molar-refractivity contribution in [1.82, 2.24) is 14.5 Å². The van der Waals surface area contributed by atoms with E-state index in [1.165, 1.54) is 12.1 Å². The van der Waals surface area contributed by atoms with Crippen molar-refractivity contribution in [3.05, 3.63) is 63.6 Å². The highest BCUT2D eigenvalue weighted by Crippen LogP contribution is 2.34. The van der Waals surface area contributed by atoms with Gasteiger partial charge >= 0.3 is 0 Å². The Hall–Kier alpha value is -2.11. The van der Waals surface area contributed by atoms with E-state index in [1.807, 2.05) is 0 Å². The molecular weight excluding hydrogens is 436 g/mol. The summed E-state index contributed by atoms with van der Waals surface area (Å²) in [5.41, 5.74) is 1.92. The summed E-state index contributed by atoms with van der Waals surface area (Å²) in [5.74, 6) is 0.539. The van der Waals surface area contributed by atoms with Crippen LogP contribution in [0.5, 0.6) is 0 Å². The minimum Gasteiger partial charge on any atom is -0.331 e. The predicted molar refractivity (Wildman–Crippen MR) is 123 cm³/mol. The van der Waals surface area contributed by atoms with E-state index >= 15 is 0 Å². The second-order valence-corrected chi connectivity index (χ2v) is 9.52. The number of rotatable bonds is 6. The lowest BCUT2D eigenvalue weighted by molar-refractivity contribution is 0.0715. The lowest BCUT2D eigenvalue weighted by Gasteiger charge is -2.26. The van der Waals surface area contributed by atoms with Crippen LogP contribution in [-0.2, 0) is 6.54 Å². The molecule has 31 heavy (non-hydrogen) atoms. The van der Waals surface area contributed by atoms with Crippen LogP contribution >= 0.6 is 23.2 Å². The number of benzene rings is 2. The zero-order valence-corrected chi connectivity index (χ0v) is 19.3. The molecular formula is C24H26Cl2FN3O. The first-order valence-corrected chi connectivity index (χ1v) is 11.5. The van der Waals surface area contributed by atoms with E-state index in [4.69, 9.17) is 28.2 Å². The molecule has 0 N–H and O–H groups in total. The summed E-state index contributed by atoms with van der Waals surface area (Å²) in [6, 6.07) is 9.96. The van der Waals surface area contributed by atoms with Crippen LogP contribution in [0, 0.1) is 11.7 Å². The number of carbonyl (C=O) groups is 1. The summed E-state index contributed by atoms with van der Waals surface area (Å²) in [6.07, 6.45) is 4.46. The van der Waals surface area contributed by atoms with Crippen molar-refractivity contribution in [3.63, 3.8) is 0 Å². The third-order valence-corrected chi connectivity index (χ3v) is 6.34. The number of fused-ring (bicyclic) bond motifs is 1. The van der Waals surface area contributed by atoms with Gasteiger partial charge in [-0.25, -0.2) is 9.37 Å². The first-order chi connectivity index (χ1) is 14.8. The number of amides is 1. The van der Waals surface area contributed by atoms with E-state index < -0.39 is 0 Å². The monoisotopic (exact) mass is 461 g/mol. The molecule has 4 nitrogen and oxygen atoms in total. The fourth-order valence-electron chi connectivity index (χ4n) is 4.47. The normalized spacial score (nSPS) is 14.6. The molecule has 1 aromatic heterocycles. The Labute approximate surface area is 192 Å². The maximum Gasteiger partial charge on any atom is 0.255 e. The van der Waals surface area contributed by atoms with Crippen LogP contribution in [0.2, 0.25) is 10.0 Å². The first-order valence-electron chi connectivity index (χ1n) is 10.7. The highest BCUT2D eigenvalue weighted by molar-refractivity contribution is 6.35. The maximum absolute atomic E-state index is 13.9. The van der Waals surface area contributed by atoms with Crippen LogP contribution in [0.25, 0.3) is 11.0 Å². The SMILES string of the molecule is CC(C)CN(Cc1nc2cc(F)ccc2n1C1CCCC1)C(=O)c1cc(Cl)ccc1Cl. The molecule has 0 spiro atoms. The van der Waals surface area contributed by atoms with Crippen molar-refractivity contribution in [2.24, 2.45) is 5.92 Å². The van der Waals surface area contributed by atoms with Gasteiger partial charge in [0.15, 0.2) is 0 Å². The van der Waals surface area contributed by atoms with E-state index in [9.17, 15) is 9.18 Å². The number of imidazole rings is 1. The number of halogens is 3. The first kappa shape index (κ1) is 22.1. The van der Waals surface area contributed by atoms with Crippen LogP contribution in [0.4, 0.5) is 4.39 Å². The highest BCUT2D eigenvalue weighted by atomic mass is 35.5. The Balaban J connectivity index is 1.75. The number of nitrogens with zero attached hydrogens (tertiary/aromatic N) is 3. The van der Waals surface area contributed by atoms with Crippen molar-refractivity contribution in [3.8, 4) is 0 Å². The maximum atomic E-state index is 13.9. The van der Waals surface area contributed by atoms with Crippen LogP contribution in [0.15, 0.2) is 36.4 Å². The number of hydrogen-bond donors (Lipinski definition) is 0. The van der Waals surface area contributed by atoms with Gasteiger partial charge in [-0.2, -0.15) is 0 Å². The molecule has 1 amide bonds. The van der Waals surface area contributed by atoms with Crippen LogP contribution in [0.3, 0.4) is 0 Å². The fourth-order valence-corrected chi connectivity index (χ4v) is 4.84. The predicted octanol–water partition coefficient (Wildman–Crippen LogP) is 6.90. The third-order valence-electron chi connectivity index (χ3n) is 5.78. The van der Waals surface area contributed by atoms with Gasteiger partial charge in [-0.05, 0) is 49.1 Å². The molecule has 2 aromatic carbocycles. The number of hydrogen-bond acceptors (Lipinski definition) is 2. The van der Waals surface area contributed by atoms with Crippen molar-refractivity contribution in [2.75, 3.05) is 6.54 Å². The summed E-state index contributed by atoms with van der Waals surface area (Å²) in [4.78, 5) is 20.0. The summed E-state index contributed by atoms with van der Waals surface area (Å²) in [7, 11) is 0.